The van der Waals surface area contributed by atoms with E-state index in [1.807, 2.05) is 91.0 Å². The highest BCUT2D eigenvalue weighted by Crippen LogP contribution is 2.38. The quantitative estimate of drug-likeness (QED) is 0.0993. The highest BCUT2D eigenvalue weighted by Gasteiger charge is 2.24. The fourth-order valence-electron chi connectivity index (χ4n) is 5.51. The maximum absolute atomic E-state index is 13.7. The second kappa shape index (κ2) is 14.8. The highest BCUT2D eigenvalue weighted by atomic mass is 32.2. The van der Waals surface area contributed by atoms with Crippen LogP contribution in [0, 0.1) is 0 Å². The lowest BCUT2D eigenvalue weighted by atomic mass is 10.0. The Balaban J connectivity index is 1.10. The van der Waals surface area contributed by atoms with Crippen molar-refractivity contribution in [3.8, 4) is 11.5 Å². The first-order chi connectivity index (χ1) is 24.5. The van der Waals surface area contributed by atoms with Crippen molar-refractivity contribution in [3.63, 3.8) is 0 Å². The molecule has 3 N–H and O–H groups in total. The zero-order valence-corrected chi connectivity index (χ0v) is 27.5. The van der Waals surface area contributed by atoms with Crippen LogP contribution < -0.4 is 25.4 Å². The van der Waals surface area contributed by atoms with E-state index in [2.05, 4.69) is 16.0 Å². The summed E-state index contributed by atoms with van der Waals surface area (Å²) in [6.45, 7) is 0.149. The summed E-state index contributed by atoms with van der Waals surface area (Å²) in [7, 11) is 0. The van der Waals surface area contributed by atoms with Crippen LogP contribution in [0.4, 0.5) is 11.4 Å². The third-order valence-electron chi connectivity index (χ3n) is 8.00. The number of carbonyl (C=O) groups excluding carboxylic acids is 3. The topological polar surface area (TPSA) is 106 Å². The Labute approximate surface area is 293 Å². The molecule has 6 aromatic carbocycles. The molecule has 0 aliphatic carbocycles. The van der Waals surface area contributed by atoms with E-state index in [-0.39, 0.29) is 18.4 Å². The maximum atomic E-state index is 13.7. The van der Waals surface area contributed by atoms with Gasteiger partial charge in [0.2, 0.25) is 12.7 Å². The average molecular weight is 678 g/mol. The van der Waals surface area contributed by atoms with Crippen molar-refractivity contribution in [1.29, 1.82) is 0 Å². The van der Waals surface area contributed by atoms with Crippen LogP contribution in [0.2, 0.25) is 0 Å². The Morgan fingerprint density at radius 3 is 2.14 bits per heavy atom. The summed E-state index contributed by atoms with van der Waals surface area (Å²) in [6.07, 6.45) is 1.69. The van der Waals surface area contributed by atoms with E-state index in [0.717, 1.165) is 26.8 Å². The Morgan fingerprint density at radius 2 is 1.34 bits per heavy atom. The number of thioether (sulfide) groups is 1. The first kappa shape index (κ1) is 32.2. The van der Waals surface area contributed by atoms with Crippen LogP contribution >= 0.6 is 11.8 Å². The van der Waals surface area contributed by atoms with Crippen molar-refractivity contribution in [1.82, 2.24) is 5.32 Å². The highest BCUT2D eigenvalue weighted by molar-refractivity contribution is 8.00. The Bertz CT molecular complexity index is 2200. The minimum Gasteiger partial charge on any atom is -0.454 e. The monoisotopic (exact) mass is 677 g/mol. The minimum atomic E-state index is -0.564. The minimum absolute atomic E-state index is 0.0954. The van der Waals surface area contributed by atoms with Crippen molar-refractivity contribution < 1.29 is 23.9 Å². The summed E-state index contributed by atoms with van der Waals surface area (Å²) in [5.41, 5.74) is 3.28. The summed E-state index contributed by atoms with van der Waals surface area (Å²) < 4.78 is 10.9. The molecule has 7 rings (SSSR count). The normalized spacial score (nSPS) is 12.6. The van der Waals surface area contributed by atoms with Gasteiger partial charge >= 0.3 is 0 Å². The van der Waals surface area contributed by atoms with Gasteiger partial charge in [0.15, 0.2) is 11.5 Å². The predicted octanol–water partition coefficient (Wildman–Crippen LogP) is 8.45. The summed E-state index contributed by atoms with van der Waals surface area (Å²) in [5.74, 6) is 0.144. The van der Waals surface area contributed by atoms with Crippen LogP contribution in [-0.4, -0.2) is 24.5 Å². The molecule has 6 aromatic rings. The van der Waals surface area contributed by atoms with E-state index in [4.69, 9.17) is 9.47 Å². The third-order valence-corrected chi connectivity index (χ3v) is 9.26. The van der Waals surface area contributed by atoms with Crippen molar-refractivity contribution in [2.45, 2.75) is 10.1 Å². The Hall–Kier alpha value is -6.32. The number of amides is 3. The van der Waals surface area contributed by atoms with Gasteiger partial charge in [0, 0.05) is 27.9 Å². The lowest BCUT2D eigenvalue weighted by molar-refractivity contribution is -0.116. The number of anilines is 2. The van der Waals surface area contributed by atoms with E-state index >= 15 is 0 Å². The van der Waals surface area contributed by atoms with Crippen molar-refractivity contribution in [3.05, 3.63) is 168 Å². The number of hydrogen-bond acceptors (Lipinski definition) is 6. The molecule has 246 valence electrons. The molecule has 0 bridgehead atoms. The van der Waals surface area contributed by atoms with Crippen LogP contribution in [0.5, 0.6) is 11.5 Å². The summed E-state index contributed by atoms with van der Waals surface area (Å²) in [5, 5.41) is 10.1. The summed E-state index contributed by atoms with van der Waals surface area (Å²) >= 11 is 1.39. The maximum Gasteiger partial charge on any atom is 0.272 e. The van der Waals surface area contributed by atoms with Gasteiger partial charge in [-0.1, -0.05) is 91.0 Å². The summed E-state index contributed by atoms with van der Waals surface area (Å²) in [4.78, 5) is 41.3. The van der Waals surface area contributed by atoms with Gasteiger partial charge in [-0.15, -0.1) is 11.8 Å². The Morgan fingerprint density at radius 1 is 0.660 bits per heavy atom. The number of benzene rings is 6. The fraction of sp³-hybridized carbons (Fsp3) is 0.0488. The molecule has 50 heavy (non-hydrogen) atoms. The van der Waals surface area contributed by atoms with E-state index in [1.165, 1.54) is 11.8 Å². The van der Waals surface area contributed by atoms with Crippen molar-refractivity contribution in [2.75, 3.05) is 17.4 Å². The third kappa shape index (κ3) is 7.53. The average Bonchev–Trinajstić information content (AvgIpc) is 3.63. The molecule has 1 unspecified atom stereocenters. The zero-order valence-electron chi connectivity index (χ0n) is 26.7. The van der Waals surface area contributed by atoms with Crippen LogP contribution in [-0.2, 0) is 9.59 Å². The predicted molar refractivity (Wildman–Crippen MR) is 197 cm³/mol. The number of carbonyl (C=O) groups is 3. The largest absolute Gasteiger partial charge is 0.454 e. The number of hydrogen-bond donors (Lipinski definition) is 3. The molecular weight excluding hydrogens is 647 g/mol. The first-order valence-corrected chi connectivity index (χ1v) is 16.8. The standard InChI is InChI=1S/C41H31N3O5S/c45-39(29-13-5-2-6-14-29)44-35(24-30-16-9-15-27-10-7-8-17-34(27)30)40(46)42-31-18-21-33(22-19-31)50-38(28-11-3-1-4-12-28)41(47)43-32-20-23-36-37(25-32)49-26-48-36/h1-25,38H,26H2,(H,42,46)(H,43,47)(H,44,45)/b35-24-. The number of rotatable bonds is 10. The van der Waals surface area contributed by atoms with E-state index in [9.17, 15) is 14.4 Å². The molecule has 1 aliphatic rings. The van der Waals surface area contributed by atoms with Gasteiger partial charge in [-0.05, 0) is 76.5 Å². The summed E-state index contributed by atoms with van der Waals surface area (Å²) in [6, 6.07) is 44.5. The second-order valence-electron chi connectivity index (χ2n) is 11.4. The molecule has 1 atom stereocenters. The van der Waals surface area contributed by atoms with Crippen LogP contribution in [0.1, 0.15) is 26.7 Å². The molecule has 0 aromatic heterocycles. The fourth-order valence-corrected chi connectivity index (χ4v) is 6.53. The van der Waals surface area contributed by atoms with Gasteiger partial charge < -0.3 is 25.4 Å². The van der Waals surface area contributed by atoms with E-state index < -0.39 is 17.1 Å². The van der Waals surface area contributed by atoms with Gasteiger partial charge in [0.1, 0.15) is 10.9 Å². The number of ether oxygens (including phenoxy) is 2. The molecule has 0 fully saturated rings. The molecule has 1 heterocycles. The van der Waals surface area contributed by atoms with Gasteiger partial charge in [-0.3, -0.25) is 14.4 Å². The second-order valence-corrected chi connectivity index (χ2v) is 12.6. The molecule has 8 nitrogen and oxygen atoms in total. The van der Waals surface area contributed by atoms with Crippen LogP contribution in [0.3, 0.4) is 0 Å². The molecule has 9 heteroatoms. The SMILES string of the molecule is O=C(Nc1ccc(SC(C(=O)Nc2ccc3c(c2)OCO3)c2ccccc2)cc1)/C(=C/c1cccc2ccccc12)NC(=O)c1ccccc1. The van der Waals surface area contributed by atoms with Gasteiger partial charge in [0.05, 0.1) is 0 Å². The number of nitrogens with one attached hydrogen (secondary N) is 3. The molecule has 0 saturated heterocycles. The molecular formula is C41H31N3O5S. The molecule has 1 aliphatic heterocycles. The van der Waals surface area contributed by atoms with Crippen molar-refractivity contribution >= 4 is 57.7 Å². The van der Waals surface area contributed by atoms with Gasteiger partial charge in [0.25, 0.3) is 11.8 Å². The lowest BCUT2D eigenvalue weighted by Gasteiger charge is -2.18. The Kier molecular flexibility index (Phi) is 9.57. The lowest BCUT2D eigenvalue weighted by Crippen LogP contribution is -2.30. The van der Waals surface area contributed by atoms with E-state index in [0.29, 0.717) is 28.4 Å². The van der Waals surface area contributed by atoms with Crippen molar-refractivity contribution in [2.24, 2.45) is 0 Å². The molecule has 0 spiro atoms. The van der Waals surface area contributed by atoms with Crippen LogP contribution in [0.15, 0.2) is 156 Å². The van der Waals surface area contributed by atoms with Gasteiger partial charge in [-0.25, -0.2) is 0 Å². The zero-order chi connectivity index (χ0) is 34.3. The first-order valence-electron chi connectivity index (χ1n) is 15.9. The molecule has 0 saturated carbocycles. The van der Waals surface area contributed by atoms with E-state index in [1.54, 1.807) is 60.7 Å². The van der Waals surface area contributed by atoms with Gasteiger partial charge in [-0.2, -0.15) is 0 Å². The molecule has 0 radical (unpaired) electrons. The smallest absolute Gasteiger partial charge is 0.272 e. The number of fused-ring (bicyclic) bond motifs is 2. The van der Waals surface area contributed by atoms with Crippen LogP contribution in [0.25, 0.3) is 16.8 Å². The molecule has 3 amide bonds.